The predicted molar refractivity (Wildman–Crippen MR) is 85.7 cm³/mol. The van der Waals surface area contributed by atoms with Crippen LogP contribution in [-0.2, 0) is 6.42 Å². The number of halogens is 2. The number of rotatable bonds is 3. The summed E-state index contributed by atoms with van der Waals surface area (Å²) in [5, 5.41) is 12.5. The van der Waals surface area contributed by atoms with Gasteiger partial charge in [0.05, 0.1) is 11.3 Å². The first-order valence-electron chi connectivity index (χ1n) is 5.89. The highest BCUT2D eigenvalue weighted by Gasteiger charge is 2.06. The standard InChI is InChI=1S/C15H12Br2N2/c1-2-10-7-12(16)3-5-14(10)19-15-6-4-13(17)8-11(15)9-18/h3-8,19H,2H2,1H3. The first kappa shape index (κ1) is 14.1. The number of hydrogen-bond donors (Lipinski definition) is 1. The van der Waals surface area contributed by atoms with Gasteiger partial charge in [0.1, 0.15) is 6.07 Å². The van der Waals surface area contributed by atoms with E-state index in [9.17, 15) is 5.26 Å². The molecule has 19 heavy (non-hydrogen) atoms. The van der Waals surface area contributed by atoms with Crippen LogP contribution in [0, 0.1) is 11.3 Å². The van der Waals surface area contributed by atoms with E-state index in [1.165, 1.54) is 5.56 Å². The molecular formula is C15H12Br2N2. The van der Waals surface area contributed by atoms with Crippen molar-refractivity contribution in [1.82, 2.24) is 0 Å². The van der Waals surface area contributed by atoms with E-state index in [0.717, 1.165) is 26.7 Å². The van der Waals surface area contributed by atoms with Crippen LogP contribution in [0.25, 0.3) is 0 Å². The van der Waals surface area contributed by atoms with Gasteiger partial charge in [0.25, 0.3) is 0 Å². The van der Waals surface area contributed by atoms with Crippen LogP contribution in [0.4, 0.5) is 11.4 Å². The molecule has 0 atom stereocenters. The Bertz CT molecular complexity index is 645. The van der Waals surface area contributed by atoms with Crippen molar-refractivity contribution in [2.24, 2.45) is 0 Å². The lowest BCUT2D eigenvalue weighted by molar-refractivity contribution is 1.14. The fourth-order valence-corrected chi connectivity index (χ4v) is 2.61. The lowest BCUT2D eigenvalue weighted by atomic mass is 10.1. The number of hydrogen-bond acceptors (Lipinski definition) is 2. The van der Waals surface area contributed by atoms with Crippen molar-refractivity contribution in [3.05, 3.63) is 56.5 Å². The minimum atomic E-state index is 0.624. The second kappa shape index (κ2) is 6.23. The van der Waals surface area contributed by atoms with Gasteiger partial charge in [-0.2, -0.15) is 5.26 Å². The lowest BCUT2D eigenvalue weighted by Crippen LogP contribution is -1.97. The molecule has 0 bridgehead atoms. The summed E-state index contributed by atoms with van der Waals surface area (Å²) in [7, 11) is 0. The maximum atomic E-state index is 9.17. The summed E-state index contributed by atoms with van der Waals surface area (Å²) in [6, 6.07) is 14.0. The second-order valence-electron chi connectivity index (χ2n) is 4.08. The van der Waals surface area contributed by atoms with Gasteiger partial charge in [-0.15, -0.1) is 0 Å². The molecule has 4 heteroatoms. The molecule has 0 unspecified atom stereocenters. The summed E-state index contributed by atoms with van der Waals surface area (Å²) in [6.45, 7) is 2.11. The van der Waals surface area contributed by atoms with Crippen molar-refractivity contribution in [3.63, 3.8) is 0 Å². The smallest absolute Gasteiger partial charge is 0.101 e. The Morgan fingerprint density at radius 2 is 1.68 bits per heavy atom. The number of benzene rings is 2. The molecule has 2 aromatic carbocycles. The Morgan fingerprint density at radius 3 is 2.32 bits per heavy atom. The second-order valence-corrected chi connectivity index (χ2v) is 5.91. The monoisotopic (exact) mass is 378 g/mol. The van der Waals surface area contributed by atoms with Gasteiger partial charge >= 0.3 is 0 Å². The molecule has 0 fully saturated rings. The topological polar surface area (TPSA) is 35.8 Å². The zero-order chi connectivity index (χ0) is 13.8. The summed E-state index contributed by atoms with van der Waals surface area (Å²) in [5.74, 6) is 0. The van der Waals surface area contributed by atoms with Crippen LogP contribution in [0.15, 0.2) is 45.3 Å². The highest BCUT2D eigenvalue weighted by atomic mass is 79.9. The highest BCUT2D eigenvalue weighted by Crippen LogP contribution is 2.28. The third-order valence-electron chi connectivity index (χ3n) is 2.82. The Labute approximate surface area is 129 Å². The Balaban J connectivity index is 2.39. The Hall–Kier alpha value is -1.31. The van der Waals surface area contributed by atoms with Gasteiger partial charge in [-0.05, 0) is 48.4 Å². The molecule has 2 aromatic rings. The number of nitriles is 1. The van der Waals surface area contributed by atoms with Gasteiger partial charge in [0, 0.05) is 14.6 Å². The largest absolute Gasteiger partial charge is 0.354 e. The maximum absolute atomic E-state index is 9.17. The molecule has 0 aliphatic heterocycles. The van der Waals surface area contributed by atoms with Gasteiger partial charge < -0.3 is 5.32 Å². The van der Waals surface area contributed by atoms with E-state index < -0.39 is 0 Å². The van der Waals surface area contributed by atoms with Crippen LogP contribution in [-0.4, -0.2) is 0 Å². The third-order valence-corrected chi connectivity index (χ3v) is 3.81. The van der Waals surface area contributed by atoms with Crippen LogP contribution in [0.1, 0.15) is 18.1 Å². The molecule has 0 heterocycles. The highest BCUT2D eigenvalue weighted by molar-refractivity contribution is 9.10. The molecular weight excluding hydrogens is 368 g/mol. The minimum absolute atomic E-state index is 0.624. The minimum Gasteiger partial charge on any atom is -0.354 e. The Morgan fingerprint density at radius 1 is 1.05 bits per heavy atom. The van der Waals surface area contributed by atoms with Gasteiger partial charge in [-0.1, -0.05) is 38.8 Å². The summed E-state index contributed by atoms with van der Waals surface area (Å²) in [5.41, 5.74) is 3.69. The van der Waals surface area contributed by atoms with Crippen LogP contribution >= 0.6 is 31.9 Å². The maximum Gasteiger partial charge on any atom is 0.101 e. The van der Waals surface area contributed by atoms with Crippen LogP contribution in [0.2, 0.25) is 0 Å². The molecule has 96 valence electrons. The molecule has 0 radical (unpaired) electrons. The van der Waals surface area contributed by atoms with Crippen molar-refractivity contribution in [1.29, 1.82) is 5.26 Å². The molecule has 2 nitrogen and oxygen atoms in total. The molecule has 0 saturated carbocycles. The molecule has 0 amide bonds. The summed E-state index contributed by atoms with van der Waals surface area (Å²) in [6.07, 6.45) is 0.931. The predicted octanol–water partition coefficient (Wildman–Crippen LogP) is 5.39. The molecule has 0 aliphatic rings. The number of anilines is 2. The zero-order valence-corrected chi connectivity index (χ0v) is 13.5. The Kier molecular flexibility index (Phi) is 4.62. The van der Waals surface area contributed by atoms with Crippen molar-refractivity contribution in [3.8, 4) is 6.07 Å². The summed E-state index contributed by atoms with van der Waals surface area (Å²) < 4.78 is 1.97. The normalized spacial score (nSPS) is 10.0. The van der Waals surface area contributed by atoms with E-state index in [1.807, 2.05) is 30.3 Å². The zero-order valence-electron chi connectivity index (χ0n) is 10.4. The van der Waals surface area contributed by atoms with Crippen molar-refractivity contribution in [2.75, 3.05) is 5.32 Å². The molecule has 0 aliphatic carbocycles. The number of aryl methyl sites for hydroxylation is 1. The first-order valence-corrected chi connectivity index (χ1v) is 7.47. The van der Waals surface area contributed by atoms with Crippen molar-refractivity contribution >= 4 is 43.2 Å². The van der Waals surface area contributed by atoms with E-state index in [-0.39, 0.29) is 0 Å². The van der Waals surface area contributed by atoms with E-state index in [2.05, 4.69) is 56.2 Å². The third kappa shape index (κ3) is 3.37. The van der Waals surface area contributed by atoms with Crippen LogP contribution < -0.4 is 5.32 Å². The van der Waals surface area contributed by atoms with Gasteiger partial charge in [-0.25, -0.2) is 0 Å². The number of nitrogens with one attached hydrogen (secondary N) is 1. The van der Waals surface area contributed by atoms with Gasteiger partial charge in [0.15, 0.2) is 0 Å². The van der Waals surface area contributed by atoms with Crippen molar-refractivity contribution < 1.29 is 0 Å². The quantitative estimate of drug-likeness (QED) is 0.775. The molecule has 2 rings (SSSR count). The summed E-state index contributed by atoms with van der Waals surface area (Å²) in [4.78, 5) is 0. The average Bonchev–Trinajstić information content (AvgIpc) is 2.42. The van der Waals surface area contributed by atoms with E-state index in [0.29, 0.717) is 5.56 Å². The SMILES string of the molecule is CCc1cc(Br)ccc1Nc1ccc(Br)cc1C#N. The average molecular weight is 380 g/mol. The van der Waals surface area contributed by atoms with E-state index in [4.69, 9.17) is 0 Å². The lowest BCUT2D eigenvalue weighted by Gasteiger charge is -2.13. The van der Waals surface area contributed by atoms with Crippen LogP contribution in [0.5, 0.6) is 0 Å². The van der Waals surface area contributed by atoms with E-state index >= 15 is 0 Å². The first-order chi connectivity index (χ1) is 9.13. The van der Waals surface area contributed by atoms with Crippen molar-refractivity contribution in [2.45, 2.75) is 13.3 Å². The van der Waals surface area contributed by atoms with Gasteiger partial charge in [-0.3, -0.25) is 0 Å². The fraction of sp³-hybridized carbons (Fsp3) is 0.133. The molecule has 0 spiro atoms. The number of nitrogens with zero attached hydrogens (tertiary/aromatic N) is 1. The molecule has 1 N–H and O–H groups in total. The molecule has 0 aromatic heterocycles. The van der Waals surface area contributed by atoms with Crippen LogP contribution in [0.3, 0.4) is 0 Å². The van der Waals surface area contributed by atoms with E-state index in [1.54, 1.807) is 0 Å². The summed E-state index contributed by atoms with van der Waals surface area (Å²) >= 11 is 6.85. The molecule has 0 saturated heterocycles. The fourth-order valence-electron chi connectivity index (χ4n) is 1.84. The van der Waals surface area contributed by atoms with Gasteiger partial charge in [0.2, 0.25) is 0 Å².